The molecule has 23 heavy (non-hydrogen) atoms. The first-order chi connectivity index (χ1) is 11.0. The van der Waals surface area contributed by atoms with Crippen LogP contribution in [0.3, 0.4) is 0 Å². The lowest BCUT2D eigenvalue weighted by Crippen LogP contribution is -2.52. The van der Waals surface area contributed by atoms with Gasteiger partial charge in [0.25, 0.3) is 0 Å². The zero-order chi connectivity index (χ0) is 16.8. The molecular formula is C18H21NO4. The van der Waals surface area contributed by atoms with E-state index in [1.807, 2.05) is 31.2 Å². The second-order valence-electron chi connectivity index (χ2n) is 6.39. The van der Waals surface area contributed by atoms with Gasteiger partial charge in [-0.3, -0.25) is 19.3 Å². The molecule has 3 rings (SSSR count). The molecule has 5 heteroatoms. The number of fused-ring (bicyclic) bond motifs is 2. The number of methoxy groups -OCH3 is 1. The van der Waals surface area contributed by atoms with E-state index in [1.165, 1.54) is 19.1 Å². The first kappa shape index (κ1) is 15.7. The maximum Gasteiger partial charge on any atom is 0.317 e. The highest BCUT2D eigenvalue weighted by atomic mass is 16.5. The van der Waals surface area contributed by atoms with Gasteiger partial charge in [0, 0.05) is 7.05 Å². The van der Waals surface area contributed by atoms with Gasteiger partial charge in [0.15, 0.2) is 0 Å². The lowest BCUT2D eigenvalue weighted by molar-refractivity contribution is -0.155. The van der Waals surface area contributed by atoms with Crippen LogP contribution in [0.2, 0.25) is 0 Å². The van der Waals surface area contributed by atoms with Crippen molar-refractivity contribution in [1.29, 1.82) is 0 Å². The number of hydrogen-bond donors (Lipinski definition) is 0. The summed E-state index contributed by atoms with van der Waals surface area (Å²) in [5.41, 5.74) is 0.732. The van der Waals surface area contributed by atoms with Crippen LogP contribution in [-0.2, 0) is 31.0 Å². The van der Waals surface area contributed by atoms with E-state index in [-0.39, 0.29) is 11.8 Å². The van der Waals surface area contributed by atoms with Gasteiger partial charge >= 0.3 is 5.97 Å². The zero-order valence-electron chi connectivity index (χ0n) is 13.7. The Kier molecular flexibility index (Phi) is 3.74. The largest absolute Gasteiger partial charge is 0.468 e. The van der Waals surface area contributed by atoms with Crippen LogP contribution in [0.1, 0.15) is 30.9 Å². The van der Waals surface area contributed by atoms with Gasteiger partial charge in [-0.05, 0) is 24.0 Å². The molecule has 1 saturated heterocycles. The maximum absolute atomic E-state index is 12.8. The van der Waals surface area contributed by atoms with Gasteiger partial charge < -0.3 is 4.74 Å². The summed E-state index contributed by atoms with van der Waals surface area (Å²) in [6.07, 6.45) is 1.71. The Morgan fingerprint density at radius 2 is 2.00 bits per heavy atom. The summed E-state index contributed by atoms with van der Waals surface area (Å²) in [5, 5.41) is 0. The average Bonchev–Trinajstić information content (AvgIpc) is 2.78. The van der Waals surface area contributed by atoms with Gasteiger partial charge in [-0.2, -0.15) is 0 Å². The number of carbonyl (C=O) groups is 3. The third-order valence-electron chi connectivity index (χ3n) is 5.31. The van der Waals surface area contributed by atoms with Gasteiger partial charge in [0.2, 0.25) is 11.8 Å². The van der Waals surface area contributed by atoms with E-state index in [0.29, 0.717) is 12.8 Å². The van der Waals surface area contributed by atoms with Gasteiger partial charge in [0.1, 0.15) is 5.41 Å². The van der Waals surface area contributed by atoms with E-state index in [0.717, 1.165) is 17.5 Å². The third-order valence-corrected chi connectivity index (χ3v) is 5.31. The fourth-order valence-electron chi connectivity index (χ4n) is 4.38. The van der Waals surface area contributed by atoms with Crippen LogP contribution in [-0.4, -0.2) is 36.8 Å². The van der Waals surface area contributed by atoms with Crippen molar-refractivity contribution >= 4 is 17.8 Å². The molecule has 2 aliphatic rings. The monoisotopic (exact) mass is 315 g/mol. The summed E-state index contributed by atoms with van der Waals surface area (Å²) in [6.45, 7) is 1.97. The first-order valence-corrected chi connectivity index (χ1v) is 7.97. The van der Waals surface area contributed by atoms with Crippen LogP contribution in [0.25, 0.3) is 0 Å². The Morgan fingerprint density at radius 3 is 2.65 bits per heavy atom. The summed E-state index contributed by atoms with van der Waals surface area (Å²) >= 11 is 0. The summed E-state index contributed by atoms with van der Waals surface area (Å²) in [4.78, 5) is 39.3. The summed E-state index contributed by atoms with van der Waals surface area (Å²) in [6, 6.07) is 7.61. The minimum absolute atomic E-state index is 0.195. The van der Waals surface area contributed by atoms with E-state index in [1.54, 1.807) is 0 Å². The molecule has 1 aliphatic carbocycles. The molecule has 0 bridgehead atoms. The van der Waals surface area contributed by atoms with Crippen LogP contribution in [0.4, 0.5) is 0 Å². The molecule has 0 radical (unpaired) electrons. The van der Waals surface area contributed by atoms with E-state index in [4.69, 9.17) is 4.74 Å². The molecule has 2 amide bonds. The van der Waals surface area contributed by atoms with Crippen LogP contribution < -0.4 is 0 Å². The van der Waals surface area contributed by atoms with Crippen LogP contribution >= 0.6 is 0 Å². The normalized spacial score (nSPS) is 29.3. The summed E-state index contributed by atoms with van der Waals surface area (Å²) in [5.74, 6) is -2.03. The molecule has 1 aromatic rings. The quantitative estimate of drug-likeness (QED) is 0.629. The van der Waals surface area contributed by atoms with Gasteiger partial charge in [0.05, 0.1) is 18.9 Å². The Balaban J connectivity index is 2.29. The zero-order valence-corrected chi connectivity index (χ0v) is 13.7. The second kappa shape index (κ2) is 5.48. The van der Waals surface area contributed by atoms with Crippen LogP contribution in [0.15, 0.2) is 24.3 Å². The van der Waals surface area contributed by atoms with Crippen LogP contribution in [0, 0.1) is 11.8 Å². The average molecular weight is 315 g/mol. The molecule has 0 spiro atoms. The maximum atomic E-state index is 12.8. The number of benzene rings is 1. The number of nitrogens with zero attached hydrogens (tertiary/aromatic N) is 1. The topological polar surface area (TPSA) is 63.7 Å². The predicted octanol–water partition coefficient (Wildman–Crippen LogP) is 1.68. The molecule has 5 nitrogen and oxygen atoms in total. The molecule has 1 fully saturated rings. The fourth-order valence-corrected chi connectivity index (χ4v) is 4.38. The van der Waals surface area contributed by atoms with Gasteiger partial charge in [-0.25, -0.2) is 0 Å². The van der Waals surface area contributed by atoms with Crippen molar-refractivity contribution in [3.8, 4) is 0 Å². The third kappa shape index (κ3) is 1.95. The Labute approximate surface area is 135 Å². The molecule has 3 atom stereocenters. The number of rotatable bonds is 3. The summed E-state index contributed by atoms with van der Waals surface area (Å²) < 4.78 is 5.11. The summed E-state index contributed by atoms with van der Waals surface area (Å²) in [7, 11) is 2.85. The Bertz CT molecular complexity index is 683. The Morgan fingerprint density at radius 1 is 1.30 bits per heavy atom. The predicted molar refractivity (Wildman–Crippen MR) is 83.5 cm³/mol. The Hall–Kier alpha value is -2.17. The highest BCUT2D eigenvalue weighted by Crippen LogP contribution is 2.51. The molecule has 0 saturated carbocycles. The number of hydrogen-bond acceptors (Lipinski definition) is 4. The van der Waals surface area contributed by atoms with Gasteiger partial charge in [-0.15, -0.1) is 0 Å². The highest BCUT2D eigenvalue weighted by molar-refractivity contribution is 6.09. The molecule has 0 aromatic heterocycles. The smallest absolute Gasteiger partial charge is 0.317 e. The molecule has 1 aliphatic heterocycles. The lowest BCUT2D eigenvalue weighted by Gasteiger charge is -2.42. The molecule has 0 unspecified atom stereocenters. The number of amides is 2. The molecule has 1 aromatic carbocycles. The highest BCUT2D eigenvalue weighted by Gasteiger charge is 2.63. The number of carbonyl (C=O) groups excluding carboxylic acids is 3. The number of esters is 1. The minimum atomic E-state index is -1.07. The molecule has 1 heterocycles. The van der Waals surface area contributed by atoms with E-state index >= 15 is 0 Å². The molecular weight excluding hydrogens is 294 g/mol. The van der Waals surface area contributed by atoms with E-state index < -0.39 is 23.2 Å². The SMILES string of the molecule is CCC[C@@]1(C(=O)OC)c2ccccc2C[C@H]2C(=O)N(C)C(=O)[C@H]21. The van der Waals surface area contributed by atoms with Crippen molar-refractivity contribution in [1.82, 2.24) is 4.90 Å². The first-order valence-electron chi connectivity index (χ1n) is 7.97. The van der Waals surface area contributed by atoms with E-state index in [2.05, 4.69) is 0 Å². The number of ether oxygens (including phenoxy) is 1. The standard InChI is InChI=1S/C18H21NO4/c1-4-9-18(17(22)23-3)13-8-6-5-7-11(13)10-12-14(18)16(21)19(2)15(12)20/h5-8,12,14H,4,9-10H2,1-3H3/t12-,14+,18-/m1/s1. The van der Waals surface area contributed by atoms with Crippen molar-refractivity contribution in [2.24, 2.45) is 11.8 Å². The minimum Gasteiger partial charge on any atom is -0.468 e. The van der Waals surface area contributed by atoms with E-state index in [9.17, 15) is 14.4 Å². The number of imide groups is 1. The molecule has 0 N–H and O–H groups in total. The van der Waals surface area contributed by atoms with Crippen molar-refractivity contribution < 1.29 is 19.1 Å². The lowest BCUT2D eigenvalue weighted by atomic mass is 9.58. The van der Waals surface area contributed by atoms with Crippen molar-refractivity contribution in [2.45, 2.75) is 31.6 Å². The second-order valence-corrected chi connectivity index (χ2v) is 6.39. The van der Waals surface area contributed by atoms with Gasteiger partial charge in [-0.1, -0.05) is 37.6 Å². The van der Waals surface area contributed by atoms with Crippen molar-refractivity contribution in [2.75, 3.05) is 14.2 Å². The number of likely N-dealkylation sites (tertiary alicyclic amines) is 1. The fraction of sp³-hybridized carbons (Fsp3) is 0.500. The van der Waals surface area contributed by atoms with Crippen LogP contribution in [0.5, 0.6) is 0 Å². The van der Waals surface area contributed by atoms with Crippen molar-refractivity contribution in [3.63, 3.8) is 0 Å². The molecule has 122 valence electrons. The van der Waals surface area contributed by atoms with Crippen molar-refractivity contribution in [3.05, 3.63) is 35.4 Å².